The Morgan fingerprint density at radius 3 is 2.28 bits per heavy atom. The van der Waals surface area contributed by atoms with Crippen molar-refractivity contribution in [1.29, 1.82) is 0 Å². The van der Waals surface area contributed by atoms with Crippen molar-refractivity contribution in [2.75, 3.05) is 0 Å². The van der Waals surface area contributed by atoms with E-state index in [0.29, 0.717) is 0 Å². The van der Waals surface area contributed by atoms with E-state index in [9.17, 15) is 0 Å². The van der Waals surface area contributed by atoms with Crippen LogP contribution in [0.15, 0.2) is 78.9 Å². The third kappa shape index (κ3) is 3.10. The molecule has 0 spiro atoms. The molecule has 124 valence electrons. The lowest BCUT2D eigenvalue weighted by Gasteiger charge is -2.12. The normalized spacial score (nSPS) is 11.1. The fourth-order valence-electron chi connectivity index (χ4n) is 3.71. The molecule has 0 atom stereocenters. The first-order valence-electron chi connectivity index (χ1n) is 8.88. The number of rotatable bonds is 4. The molecule has 3 aromatic carbocycles. The third-order valence-electron chi connectivity index (χ3n) is 5.12. The molecule has 0 unspecified atom stereocenters. The second-order valence-electron chi connectivity index (χ2n) is 6.78. The first-order chi connectivity index (χ1) is 12.2. The minimum absolute atomic E-state index is 0.924. The van der Waals surface area contributed by atoms with Crippen molar-refractivity contribution < 1.29 is 0 Å². The largest absolute Gasteiger partial charge is 0.345 e. The lowest BCUT2D eigenvalue weighted by Crippen LogP contribution is -2.05. The number of fused-ring (bicyclic) bond motifs is 1. The molecule has 0 fully saturated rings. The van der Waals surface area contributed by atoms with Gasteiger partial charge in [0, 0.05) is 17.9 Å². The standard InChI is InChI=1S/C24H23N/c1-18-15-23(16-20-9-4-3-5-10-20)19(2)25(18)17-22-13-8-12-21-11-6-7-14-24(21)22/h3-15H,16-17H2,1-2H3. The van der Waals surface area contributed by atoms with Gasteiger partial charge in [0.25, 0.3) is 0 Å². The monoisotopic (exact) mass is 325 g/mol. The number of hydrogen-bond acceptors (Lipinski definition) is 0. The van der Waals surface area contributed by atoms with Crippen LogP contribution in [-0.4, -0.2) is 4.57 Å². The molecule has 1 heteroatoms. The molecule has 0 aliphatic heterocycles. The van der Waals surface area contributed by atoms with Crippen LogP contribution in [0.1, 0.15) is 28.1 Å². The van der Waals surface area contributed by atoms with E-state index in [1.165, 1.54) is 38.9 Å². The molecule has 0 aliphatic carbocycles. The van der Waals surface area contributed by atoms with Crippen molar-refractivity contribution in [2.24, 2.45) is 0 Å². The smallest absolute Gasteiger partial charge is 0.0481 e. The lowest BCUT2D eigenvalue weighted by atomic mass is 10.0. The van der Waals surface area contributed by atoms with Crippen LogP contribution in [0, 0.1) is 13.8 Å². The third-order valence-corrected chi connectivity index (χ3v) is 5.12. The molecule has 25 heavy (non-hydrogen) atoms. The summed E-state index contributed by atoms with van der Waals surface area (Å²) in [6, 6.07) is 28.3. The van der Waals surface area contributed by atoms with Crippen molar-refractivity contribution in [1.82, 2.24) is 4.57 Å². The minimum atomic E-state index is 0.924. The highest BCUT2D eigenvalue weighted by atomic mass is 15.0. The second kappa shape index (κ2) is 6.60. The second-order valence-corrected chi connectivity index (χ2v) is 6.78. The zero-order chi connectivity index (χ0) is 17.2. The summed E-state index contributed by atoms with van der Waals surface area (Å²) in [7, 11) is 0. The Kier molecular flexibility index (Phi) is 4.15. The van der Waals surface area contributed by atoms with Crippen LogP contribution in [0.4, 0.5) is 0 Å². The van der Waals surface area contributed by atoms with Gasteiger partial charge in [-0.2, -0.15) is 0 Å². The molecule has 0 saturated carbocycles. The minimum Gasteiger partial charge on any atom is -0.345 e. The van der Waals surface area contributed by atoms with Gasteiger partial charge in [-0.05, 0) is 53.8 Å². The predicted molar refractivity (Wildman–Crippen MR) is 106 cm³/mol. The topological polar surface area (TPSA) is 4.93 Å². The number of nitrogens with zero attached hydrogens (tertiary/aromatic N) is 1. The van der Waals surface area contributed by atoms with Gasteiger partial charge < -0.3 is 4.57 Å². The average molecular weight is 325 g/mol. The van der Waals surface area contributed by atoms with Crippen LogP contribution < -0.4 is 0 Å². The van der Waals surface area contributed by atoms with E-state index >= 15 is 0 Å². The van der Waals surface area contributed by atoms with E-state index in [0.717, 1.165) is 13.0 Å². The summed E-state index contributed by atoms with van der Waals surface area (Å²) in [6.45, 7) is 5.39. The Morgan fingerprint density at radius 1 is 0.720 bits per heavy atom. The molecule has 0 aliphatic rings. The summed E-state index contributed by atoms with van der Waals surface area (Å²) in [4.78, 5) is 0. The number of hydrogen-bond donors (Lipinski definition) is 0. The van der Waals surface area contributed by atoms with Crippen molar-refractivity contribution in [2.45, 2.75) is 26.8 Å². The van der Waals surface area contributed by atoms with E-state index in [1.54, 1.807) is 0 Å². The van der Waals surface area contributed by atoms with Gasteiger partial charge >= 0.3 is 0 Å². The van der Waals surface area contributed by atoms with Crippen molar-refractivity contribution >= 4 is 10.8 Å². The summed E-state index contributed by atoms with van der Waals surface area (Å²) >= 11 is 0. The van der Waals surface area contributed by atoms with Gasteiger partial charge in [-0.15, -0.1) is 0 Å². The molecule has 0 saturated heterocycles. The average Bonchev–Trinajstić information content (AvgIpc) is 2.90. The highest BCUT2D eigenvalue weighted by Crippen LogP contribution is 2.24. The van der Waals surface area contributed by atoms with Gasteiger partial charge in [-0.25, -0.2) is 0 Å². The summed E-state index contributed by atoms with van der Waals surface area (Å²) in [5, 5.41) is 2.66. The van der Waals surface area contributed by atoms with Gasteiger partial charge in [-0.1, -0.05) is 72.8 Å². The van der Waals surface area contributed by atoms with E-state index in [-0.39, 0.29) is 0 Å². The molecule has 0 radical (unpaired) electrons. The van der Waals surface area contributed by atoms with Gasteiger partial charge in [0.15, 0.2) is 0 Å². The Labute approximate surface area is 149 Å². The molecule has 4 aromatic rings. The maximum absolute atomic E-state index is 2.44. The Balaban J connectivity index is 1.69. The molecular weight excluding hydrogens is 302 g/mol. The summed E-state index contributed by atoms with van der Waals surface area (Å²) in [5.41, 5.74) is 6.87. The van der Waals surface area contributed by atoms with E-state index in [1.807, 2.05) is 0 Å². The van der Waals surface area contributed by atoms with Gasteiger partial charge in [0.05, 0.1) is 0 Å². The van der Waals surface area contributed by atoms with Gasteiger partial charge in [-0.3, -0.25) is 0 Å². The van der Waals surface area contributed by atoms with Crippen LogP contribution in [-0.2, 0) is 13.0 Å². The van der Waals surface area contributed by atoms with Gasteiger partial charge in [0.1, 0.15) is 0 Å². The van der Waals surface area contributed by atoms with Crippen LogP contribution in [0.3, 0.4) is 0 Å². The van der Waals surface area contributed by atoms with Crippen LogP contribution >= 0.6 is 0 Å². The molecule has 0 bridgehead atoms. The van der Waals surface area contributed by atoms with E-state index in [2.05, 4.69) is 97.3 Å². The maximum Gasteiger partial charge on any atom is 0.0481 e. The summed E-state index contributed by atoms with van der Waals surface area (Å²) in [5.74, 6) is 0. The van der Waals surface area contributed by atoms with E-state index < -0.39 is 0 Å². The highest BCUT2D eigenvalue weighted by Gasteiger charge is 2.11. The van der Waals surface area contributed by atoms with Crippen molar-refractivity contribution in [3.63, 3.8) is 0 Å². The Bertz CT molecular complexity index is 1000. The predicted octanol–water partition coefficient (Wildman–Crippen LogP) is 5.90. The Hall–Kier alpha value is -2.80. The molecule has 1 nitrogen and oxygen atoms in total. The zero-order valence-electron chi connectivity index (χ0n) is 14.9. The maximum atomic E-state index is 2.44. The fraction of sp³-hybridized carbons (Fsp3) is 0.167. The quantitative estimate of drug-likeness (QED) is 0.440. The van der Waals surface area contributed by atoms with Crippen molar-refractivity contribution in [3.05, 3.63) is 107 Å². The Morgan fingerprint density at radius 2 is 1.44 bits per heavy atom. The lowest BCUT2D eigenvalue weighted by molar-refractivity contribution is 0.750. The van der Waals surface area contributed by atoms with Crippen molar-refractivity contribution in [3.8, 4) is 0 Å². The fourth-order valence-corrected chi connectivity index (χ4v) is 3.71. The molecular formula is C24H23N. The van der Waals surface area contributed by atoms with E-state index in [4.69, 9.17) is 0 Å². The van der Waals surface area contributed by atoms with Crippen LogP contribution in [0.5, 0.6) is 0 Å². The SMILES string of the molecule is Cc1cc(Cc2ccccc2)c(C)n1Cc1cccc2ccccc12. The number of aromatic nitrogens is 1. The molecule has 0 amide bonds. The van der Waals surface area contributed by atoms with Crippen LogP contribution in [0.25, 0.3) is 10.8 Å². The molecule has 1 aromatic heterocycles. The summed E-state index contributed by atoms with van der Waals surface area (Å²) in [6.07, 6.45) is 0.996. The first-order valence-corrected chi connectivity index (χ1v) is 8.88. The zero-order valence-corrected chi connectivity index (χ0v) is 14.9. The molecule has 0 N–H and O–H groups in total. The molecule has 4 rings (SSSR count). The van der Waals surface area contributed by atoms with Gasteiger partial charge in [0.2, 0.25) is 0 Å². The first kappa shape index (κ1) is 15.7. The highest BCUT2D eigenvalue weighted by molar-refractivity contribution is 5.85. The molecule has 1 heterocycles. The van der Waals surface area contributed by atoms with Crippen LogP contribution in [0.2, 0.25) is 0 Å². The summed E-state index contributed by atoms with van der Waals surface area (Å²) < 4.78 is 2.44. The number of benzene rings is 3. The number of aryl methyl sites for hydroxylation is 1.